The maximum absolute atomic E-state index is 12.6. The third kappa shape index (κ3) is 4.24. The molecule has 21 heavy (non-hydrogen) atoms. The van der Waals surface area contributed by atoms with Gasteiger partial charge in [-0.1, -0.05) is 53.3 Å². The Balaban J connectivity index is 2.26. The topological polar surface area (TPSA) is 59.5 Å². The number of aromatic nitrogens is 1. The van der Waals surface area contributed by atoms with E-state index in [1.807, 2.05) is 30.3 Å². The molecule has 2 rings (SSSR count). The first kappa shape index (κ1) is 16.4. The minimum Gasteiger partial charge on any atom is -0.383 e. The molecule has 8 heteroatoms. The molecule has 2 aromatic rings. The van der Waals surface area contributed by atoms with Crippen LogP contribution in [-0.2, 0) is 21.3 Å². The number of rotatable bonds is 7. The van der Waals surface area contributed by atoms with E-state index in [-0.39, 0.29) is 21.8 Å². The van der Waals surface area contributed by atoms with Crippen molar-refractivity contribution in [2.24, 2.45) is 0 Å². The zero-order valence-electron chi connectivity index (χ0n) is 11.4. The summed E-state index contributed by atoms with van der Waals surface area (Å²) >= 11 is 6.69. The zero-order valence-corrected chi connectivity index (χ0v) is 13.8. The number of ether oxygens (including phenoxy) is 1. The summed E-state index contributed by atoms with van der Waals surface area (Å²) < 4.78 is 32.0. The van der Waals surface area contributed by atoms with Gasteiger partial charge in [-0.2, -0.15) is 4.31 Å². The van der Waals surface area contributed by atoms with Gasteiger partial charge in [0.2, 0.25) is 0 Å². The van der Waals surface area contributed by atoms with Crippen LogP contribution in [0.25, 0.3) is 0 Å². The second-order valence-electron chi connectivity index (χ2n) is 4.25. The fourth-order valence-corrected chi connectivity index (χ4v) is 4.61. The van der Waals surface area contributed by atoms with Gasteiger partial charge in [0.15, 0.2) is 8.68 Å². The summed E-state index contributed by atoms with van der Waals surface area (Å²) in [5.41, 5.74) is 0.910. The van der Waals surface area contributed by atoms with E-state index in [2.05, 4.69) is 4.98 Å². The van der Waals surface area contributed by atoms with Gasteiger partial charge in [0.1, 0.15) is 0 Å². The lowest BCUT2D eigenvalue weighted by Gasteiger charge is -2.20. The summed E-state index contributed by atoms with van der Waals surface area (Å²) in [6.07, 6.45) is 1.28. The molecule has 0 aliphatic heterocycles. The number of methoxy groups -OCH3 is 1. The van der Waals surface area contributed by atoms with Crippen molar-refractivity contribution >= 4 is 33.0 Å². The highest BCUT2D eigenvalue weighted by Crippen LogP contribution is 2.26. The molecular weight excluding hydrogens is 332 g/mol. The van der Waals surface area contributed by atoms with Crippen molar-refractivity contribution < 1.29 is 13.2 Å². The number of nitrogens with zero attached hydrogens (tertiary/aromatic N) is 2. The third-order valence-electron chi connectivity index (χ3n) is 2.80. The molecule has 1 heterocycles. The second kappa shape index (κ2) is 7.33. The van der Waals surface area contributed by atoms with Crippen LogP contribution >= 0.6 is 22.9 Å². The highest BCUT2D eigenvalue weighted by molar-refractivity contribution is 7.91. The fraction of sp³-hybridized carbons (Fsp3) is 0.308. The van der Waals surface area contributed by atoms with Gasteiger partial charge >= 0.3 is 0 Å². The van der Waals surface area contributed by atoms with Gasteiger partial charge in [-0.25, -0.2) is 13.4 Å². The van der Waals surface area contributed by atoms with Crippen molar-refractivity contribution in [1.29, 1.82) is 0 Å². The first-order valence-electron chi connectivity index (χ1n) is 6.18. The van der Waals surface area contributed by atoms with Crippen molar-refractivity contribution in [2.45, 2.75) is 10.8 Å². The lowest BCUT2D eigenvalue weighted by molar-refractivity contribution is 0.177. The molecule has 0 radical (unpaired) electrons. The quantitative estimate of drug-likeness (QED) is 0.773. The van der Waals surface area contributed by atoms with E-state index >= 15 is 0 Å². The number of sulfonamides is 1. The molecule has 0 fully saturated rings. The molecule has 0 N–H and O–H groups in total. The number of hydrogen-bond donors (Lipinski definition) is 0. The SMILES string of the molecule is COCCN(Cc1ccccc1)S(=O)(=O)c1cnc(Cl)s1. The molecular formula is C13H15ClN2O3S2. The third-order valence-corrected chi connectivity index (χ3v) is 6.19. The highest BCUT2D eigenvalue weighted by Gasteiger charge is 2.26. The molecule has 0 aliphatic rings. The van der Waals surface area contributed by atoms with Crippen LogP contribution in [0.5, 0.6) is 0 Å². The predicted octanol–water partition coefficient (Wildman–Crippen LogP) is 2.63. The van der Waals surface area contributed by atoms with Gasteiger partial charge in [-0.05, 0) is 5.56 Å². The molecule has 0 unspecified atom stereocenters. The van der Waals surface area contributed by atoms with Gasteiger partial charge in [0.25, 0.3) is 10.0 Å². The summed E-state index contributed by atoms with van der Waals surface area (Å²) in [5, 5.41) is 0. The first-order valence-corrected chi connectivity index (χ1v) is 8.82. The van der Waals surface area contributed by atoms with Gasteiger partial charge in [-0.3, -0.25) is 0 Å². The Kier molecular flexibility index (Phi) is 5.72. The van der Waals surface area contributed by atoms with Gasteiger partial charge in [-0.15, -0.1) is 0 Å². The Morgan fingerprint density at radius 1 is 1.33 bits per heavy atom. The van der Waals surface area contributed by atoms with Crippen molar-refractivity contribution in [1.82, 2.24) is 9.29 Å². The summed E-state index contributed by atoms with van der Waals surface area (Å²) in [4.78, 5) is 3.80. The minimum absolute atomic E-state index is 0.138. The average molecular weight is 347 g/mol. The van der Waals surface area contributed by atoms with E-state index < -0.39 is 10.0 Å². The second-order valence-corrected chi connectivity index (χ2v) is 8.03. The van der Waals surface area contributed by atoms with Crippen molar-refractivity contribution in [3.63, 3.8) is 0 Å². The number of hydrogen-bond acceptors (Lipinski definition) is 5. The number of halogens is 1. The molecule has 0 saturated carbocycles. The average Bonchev–Trinajstić information content (AvgIpc) is 2.92. The fourth-order valence-electron chi connectivity index (χ4n) is 1.75. The van der Waals surface area contributed by atoms with Crippen LogP contribution < -0.4 is 0 Å². The predicted molar refractivity (Wildman–Crippen MR) is 83.0 cm³/mol. The molecule has 0 saturated heterocycles. The highest BCUT2D eigenvalue weighted by atomic mass is 35.5. The summed E-state index contributed by atoms with van der Waals surface area (Å²) in [6, 6.07) is 9.41. The van der Waals surface area contributed by atoms with Crippen LogP contribution in [-0.4, -0.2) is 38.0 Å². The van der Waals surface area contributed by atoms with E-state index in [0.29, 0.717) is 6.61 Å². The van der Waals surface area contributed by atoms with Crippen molar-refractivity contribution in [3.05, 3.63) is 46.6 Å². The largest absolute Gasteiger partial charge is 0.383 e. The summed E-state index contributed by atoms with van der Waals surface area (Å²) in [5.74, 6) is 0. The van der Waals surface area contributed by atoms with Crippen LogP contribution in [0.2, 0.25) is 4.47 Å². The Morgan fingerprint density at radius 2 is 2.05 bits per heavy atom. The Labute approximate surface area is 133 Å². The van der Waals surface area contributed by atoms with E-state index in [1.165, 1.54) is 17.6 Å². The molecule has 1 aromatic heterocycles. The molecule has 1 aromatic carbocycles. The van der Waals surface area contributed by atoms with Crippen LogP contribution in [0, 0.1) is 0 Å². The number of benzene rings is 1. The van der Waals surface area contributed by atoms with Gasteiger partial charge in [0, 0.05) is 20.2 Å². The molecule has 0 bridgehead atoms. The monoisotopic (exact) mass is 346 g/mol. The summed E-state index contributed by atoms with van der Waals surface area (Å²) in [6.45, 7) is 0.865. The molecule has 0 atom stereocenters. The van der Waals surface area contributed by atoms with Crippen LogP contribution in [0.1, 0.15) is 5.56 Å². The molecule has 0 spiro atoms. The maximum Gasteiger partial charge on any atom is 0.254 e. The van der Waals surface area contributed by atoms with Crippen LogP contribution in [0.15, 0.2) is 40.7 Å². The molecule has 0 aliphatic carbocycles. The first-order chi connectivity index (χ1) is 10.0. The Morgan fingerprint density at radius 3 is 2.62 bits per heavy atom. The molecule has 114 valence electrons. The van der Waals surface area contributed by atoms with Gasteiger partial charge in [0.05, 0.1) is 12.8 Å². The maximum atomic E-state index is 12.6. The normalized spacial score (nSPS) is 12.0. The lowest BCUT2D eigenvalue weighted by Crippen LogP contribution is -2.33. The summed E-state index contributed by atoms with van der Waals surface area (Å²) in [7, 11) is -2.09. The number of thiazole rings is 1. The zero-order chi connectivity index (χ0) is 15.3. The minimum atomic E-state index is -3.63. The standard InChI is InChI=1S/C13H15ClN2O3S2/c1-19-8-7-16(10-11-5-3-2-4-6-11)21(17,18)12-9-15-13(14)20-12/h2-6,9H,7-8,10H2,1H3. The molecule has 0 amide bonds. The Hall–Kier alpha value is -0.990. The van der Waals surface area contributed by atoms with Crippen molar-refractivity contribution in [3.8, 4) is 0 Å². The van der Waals surface area contributed by atoms with Crippen LogP contribution in [0.4, 0.5) is 0 Å². The Bertz CT molecular complexity index is 674. The smallest absolute Gasteiger partial charge is 0.254 e. The van der Waals surface area contributed by atoms with Crippen molar-refractivity contribution in [2.75, 3.05) is 20.3 Å². The van der Waals surface area contributed by atoms with Crippen LogP contribution in [0.3, 0.4) is 0 Å². The van der Waals surface area contributed by atoms with E-state index in [9.17, 15) is 8.42 Å². The molecule has 5 nitrogen and oxygen atoms in total. The lowest BCUT2D eigenvalue weighted by atomic mass is 10.2. The van der Waals surface area contributed by atoms with E-state index in [0.717, 1.165) is 16.9 Å². The van der Waals surface area contributed by atoms with E-state index in [1.54, 1.807) is 0 Å². The van der Waals surface area contributed by atoms with E-state index in [4.69, 9.17) is 16.3 Å². The van der Waals surface area contributed by atoms with Gasteiger partial charge < -0.3 is 4.74 Å².